The Morgan fingerprint density at radius 2 is 1.82 bits per heavy atom. The first-order valence-electron chi connectivity index (χ1n) is 6.86. The Morgan fingerprint density at radius 3 is 2.45 bits per heavy atom. The van der Waals surface area contributed by atoms with E-state index in [4.69, 9.17) is 14.2 Å². The summed E-state index contributed by atoms with van der Waals surface area (Å²) < 4.78 is 17.0. The van der Waals surface area contributed by atoms with Crippen molar-refractivity contribution in [3.05, 3.63) is 58.1 Å². The lowest BCUT2D eigenvalue weighted by molar-refractivity contribution is 0.0525. The van der Waals surface area contributed by atoms with Gasteiger partial charge in [0.05, 0.1) is 19.3 Å². The number of esters is 1. The van der Waals surface area contributed by atoms with E-state index in [1.807, 2.05) is 24.3 Å². The Kier molecular flexibility index (Phi) is 5.83. The van der Waals surface area contributed by atoms with Crippen LogP contribution >= 0.6 is 15.9 Å². The molecular formula is C17H17BrO4. The second-order valence-electron chi connectivity index (χ2n) is 4.50. The molecule has 0 spiro atoms. The molecule has 2 aromatic carbocycles. The van der Waals surface area contributed by atoms with Gasteiger partial charge in [0.15, 0.2) is 11.5 Å². The molecule has 0 atom stereocenters. The summed E-state index contributed by atoms with van der Waals surface area (Å²) in [4.78, 5) is 11.8. The smallest absolute Gasteiger partial charge is 0.338 e. The average Bonchev–Trinajstić information content (AvgIpc) is 2.54. The third kappa shape index (κ3) is 4.24. The molecule has 0 unspecified atom stereocenters. The van der Waals surface area contributed by atoms with Crippen LogP contribution in [0.15, 0.2) is 46.9 Å². The molecule has 0 amide bonds. The highest BCUT2D eigenvalue weighted by atomic mass is 79.9. The summed E-state index contributed by atoms with van der Waals surface area (Å²) in [5.74, 6) is 0.708. The predicted molar refractivity (Wildman–Crippen MR) is 87.4 cm³/mol. The normalized spacial score (nSPS) is 10.1. The molecule has 0 aromatic heterocycles. The summed E-state index contributed by atoms with van der Waals surface area (Å²) in [5.41, 5.74) is 1.46. The highest BCUT2D eigenvalue weighted by Gasteiger charge is 2.12. The fraction of sp³-hybridized carbons (Fsp3) is 0.235. The Morgan fingerprint density at radius 1 is 1.09 bits per heavy atom. The lowest BCUT2D eigenvalue weighted by atomic mass is 10.2. The van der Waals surface area contributed by atoms with Gasteiger partial charge in [-0.1, -0.05) is 28.1 Å². The summed E-state index contributed by atoms with van der Waals surface area (Å²) in [7, 11) is 1.56. The van der Waals surface area contributed by atoms with Crippen molar-refractivity contribution in [2.24, 2.45) is 0 Å². The largest absolute Gasteiger partial charge is 0.493 e. The van der Waals surface area contributed by atoms with Crippen LogP contribution < -0.4 is 9.47 Å². The molecule has 4 nitrogen and oxygen atoms in total. The predicted octanol–water partition coefficient (Wildman–Crippen LogP) is 4.21. The number of carbonyl (C=O) groups excluding carboxylic acids is 1. The first kappa shape index (κ1) is 16.4. The van der Waals surface area contributed by atoms with Gasteiger partial charge in [0.1, 0.15) is 6.61 Å². The molecule has 0 aliphatic rings. The van der Waals surface area contributed by atoms with Gasteiger partial charge in [-0.2, -0.15) is 0 Å². The van der Waals surface area contributed by atoms with Crippen molar-refractivity contribution in [3.8, 4) is 11.5 Å². The topological polar surface area (TPSA) is 44.8 Å². The fourth-order valence-corrected chi connectivity index (χ4v) is 2.14. The molecule has 2 rings (SSSR count). The van der Waals surface area contributed by atoms with Crippen LogP contribution in [0.2, 0.25) is 0 Å². The first-order valence-corrected chi connectivity index (χ1v) is 7.65. The zero-order valence-corrected chi connectivity index (χ0v) is 14.1. The molecular weight excluding hydrogens is 348 g/mol. The van der Waals surface area contributed by atoms with E-state index in [9.17, 15) is 4.79 Å². The number of halogens is 1. The van der Waals surface area contributed by atoms with Crippen molar-refractivity contribution in [2.45, 2.75) is 13.5 Å². The molecule has 22 heavy (non-hydrogen) atoms. The highest BCUT2D eigenvalue weighted by Crippen LogP contribution is 2.29. The molecule has 0 aliphatic heterocycles. The molecule has 0 fully saturated rings. The molecule has 0 aliphatic carbocycles. The van der Waals surface area contributed by atoms with Crippen molar-refractivity contribution in [2.75, 3.05) is 13.7 Å². The van der Waals surface area contributed by atoms with Crippen molar-refractivity contribution >= 4 is 21.9 Å². The molecule has 0 radical (unpaired) electrons. The fourth-order valence-electron chi connectivity index (χ4n) is 1.87. The van der Waals surface area contributed by atoms with Gasteiger partial charge in [0.2, 0.25) is 0 Å². The summed E-state index contributed by atoms with van der Waals surface area (Å²) in [6.07, 6.45) is 0. The zero-order chi connectivity index (χ0) is 15.9. The molecule has 5 heteroatoms. The van der Waals surface area contributed by atoms with Crippen LogP contribution in [0.4, 0.5) is 0 Å². The van der Waals surface area contributed by atoms with Gasteiger partial charge in [-0.15, -0.1) is 0 Å². The van der Waals surface area contributed by atoms with Crippen LogP contribution in [0.25, 0.3) is 0 Å². The Hall–Kier alpha value is -2.01. The van der Waals surface area contributed by atoms with Crippen LogP contribution in [0.3, 0.4) is 0 Å². The molecule has 0 N–H and O–H groups in total. The van der Waals surface area contributed by atoms with Gasteiger partial charge in [0.25, 0.3) is 0 Å². The number of hydrogen-bond donors (Lipinski definition) is 0. The molecule has 116 valence electrons. The summed E-state index contributed by atoms with van der Waals surface area (Å²) in [6.45, 7) is 2.49. The van der Waals surface area contributed by atoms with Gasteiger partial charge in [-0.25, -0.2) is 4.79 Å². The van der Waals surface area contributed by atoms with E-state index in [2.05, 4.69) is 15.9 Å². The third-order valence-corrected chi connectivity index (χ3v) is 3.51. The van der Waals surface area contributed by atoms with Crippen molar-refractivity contribution in [3.63, 3.8) is 0 Å². The Bertz CT molecular complexity index is 638. The maximum absolute atomic E-state index is 11.8. The van der Waals surface area contributed by atoms with Crippen molar-refractivity contribution in [1.29, 1.82) is 0 Å². The van der Waals surface area contributed by atoms with Crippen LogP contribution in [-0.4, -0.2) is 19.7 Å². The van der Waals surface area contributed by atoms with E-state index in [1.165, 1.54) is 0 Å². The summed E-state index contributed by atoms with van der Waals surface area (Å²) >= 11 is 3.39. The van der Waals surface area contributed by atoms with E-state index in [0.717, 1.165) is 10.0 Å². The van der Waals surface area contributed by atoms with Crippen molar-refractivity contribution < 1.29 is 19.0 Å². The van der Waals surface area contributed by atoms with Crippen LogP contribution in [-0.2, 0) is 11.3 Å². The number of ether oxygens (including phenoxy) is 3. The minimum atomic E-state index is -0.376. The number of methoxy groups -OCH3 is 1. The molecule has 2 aromatic rings. The van der Waals surface area contributed by atoms with Gasteiger partial charge in [-0.05, 0) is 42.8 Å². The van der Waals surface area contributed by atoms with E-state index in [-0.39, 0.29) is 5.97 Å². The van der Waals surface area contributed by atoms with E-state index < -0.39 is 0 Å². The number of benzene rings is 2. The number of carbonyl (C=O) groups is 1. The first-order chi connectivity index (χ1) is 10.6. The minimum Gasteiger partial charge on any atom is -0.493 e. The molecule has 0 bridgehead atoms. The minimum absolute atomic E-state index is 0.333. The van der Waals surface area contributed by atoms with E-state index >= 15 is 0 Å². The Labute approximate surface area is 138 Å². The second-order valence-corrected chi connectivity index (χ2v) is 5.42. The SMILES string of the molecule is CCOC(=O)c1ccc(OC)c(OCc2ccc(Br)cc2)c1. The highest BCUT2D eigenvalue weighted by molar-refractivity contribution is 9.10. The maximum atomic E-state index is 11.8. The van der Waals surface area contributed by atoms with Gasteiger partial charge in [0, 0.05) is 4.47 Å². The Balaban J connectivity index is 2.15. The van der Waals surface area contributed by atoms with Crippen LogP contribution in [0, 0.1) is 0 Å². The number of hydrogen-bond acceptors (Lipinski definition) is 4. The summed E-state index contributed by atoms with van der Waals surface area (Å²) in [5, 5.41) is 0. The maximum Gasteiger partial charge on any atom is 0.338 e. The number of rotatable bonds is 6. The zero-order valence-electron chi connectivity index (χ0n) is 12.5. The van der Waals surface area contributed by atoms with Gasteiger partial charge in [-0.3, -0.25) is 0 Å². The van der Waals surface area contributed by atoms with Crippen molar-refractivity contribution in [1.82, 2.24) is 0 Å². The van der Waals surface area contributed by atoms with E-state index in [1.54, 1.807) is 32.2 Å². The van der Waals surface area contributed by atoms with Gasteiger partial charge < -0.3 is 14.2 Å². The lowest BCUT2D eigenvalue weighted by Crippen LogP contribution is -2.06. The third-order valence-electron chi connectivity index (χ3n) is 2.98. The lowest BCUT2D eigenvalue weighted by Gasteiger charge is -2.12. The molecule has 0 saturated carbocycles. The molecule has 0 saturated heterocycles. The average molecular weight is 365 g/mol. The van der Waals surface area contributed by atoms with Gasteiger partial charge >= 0.3 is 5.97 Å². The van der Waals surface area contributed by atoms with Crippen LogP contribution in [0.1, 0.15) is 22.8 Å². The second kappa shape index (κ2) is 7.84. The quantitative estimate of drug-likeness (QED) is 0.720. The summed E-state index contributed by atoms with van der Waals surface area (Å²) in [6, 6.07) is 12.8. The molecule has 0 heterocycles. The standard InChI is InChI=1S/C17H17BrO4/c1-3-21-17(19)13-6-9-15(20-2)16(10-13)22-11-12-4-7-14(18)8-5-12/h4-10H,3,11H2,1-2H3. The van der Waals surface area contributed by atoms with E-state index in [0.29, 0.717) is 30.3 Å². The van der Waals surface area contributed by atoms with Crippen LogP contribution in [0.5, 0.6) is 11.5 Å². The monoisotopic (exact) mass is 364 g/mol.